The highest BCUT2D eigenvalue weighted by Gasteiger charge is 2.68. The summed E-state index contributed by atoms with van der Waals surface area (Å²) in [6, 6.07) is 18.2. The van der Waals surface area contributed by atoms with Crippen molar-refractivity contribution >= 4 is 79.8 Å². The summed E-state index contributed by atoms with van der Waals surface area (Å²) in [5.41, 5.74) is 3.23. The third-order valence-electron chi connectivity index (χ3n) is 12.7. The van der Waals surface area contributed by atoms with E-state index in [9.17, 15) is 19.5 Å². The molecule has 2 aromatic heterocycles. The number of fused-ring (bicyclic) bond motifs is 5. The van der Waals surface area contributed by atoms with E-state index >= 15 is 4.79 Å². The van der Waals surface area contributed by atoms with Crippen molar-refractivity contribution in [2.45, 2.75) is 46.0 Å². The normalized spacial score (nSPS) is 25.8. The molecule has 3 fully saturated rings. The van der Waals surface area contributed by atoms with E-state index in [4.69, 9.17) is 33.0 Å². The van der Waals surface area contributed by atoms with E-state index in [1.54, 1.807) is 60.3 Å². The zero-order valence-electron chi connectivity index (χ0n) is 31.3. The topological polar surface area (TPSA) is 122 Å². The largest absolute Gasteiger partial charge is 0.503 e. The van der Waals surface area contributed by atoms with Gasteiger partial charge in [-0.1, -0.05) is 53.9 Å². The number of carbonyl (C=O) groups is 4. The predicted molar refractivity (Wildman–Crippen MR) is 216 cm³/mol. The van der Waals surface area contributed by atoms with Gasteiger partial charge >= 0.3 is 0 Å². The average Bonchev–Trinajstić information content (AvgIpc) is 3.86. The molecule has 4 aliphatic rings. The lowest BCUT2D eigenvalue weighted by molar-refractivity contribution is -0.131. The van der Waals surface area contributed by atoms with Crippen LogP contribution in [0.15, 0.2) is 72.3 Å². The van der Waals surface area contributed by atoms with E-state index in [1.165, 1.54) is 16.9 Å². The van der Waals surface area contributed by atoms with E-state index in [0.717, 1.165) is 38.1 Å². The summed E-state index contributed by atoms with van der Waals surface area (Å²) in [5, 5.41) is 17.2. The fourth-order valence-corrected chi connectivity index (χ4v) is 11.4. The SMILES string of the molecule is CCc1ccc(N2C(=O)C3CC=C4C(CC5C(=O)N(c6cc(-c7sc8ccc(Cl)cc8c7C)nn6C)C(=O)C5(C)C4c4cc(Cl)c(O)c(OC)c4)C3C2=O)cc1. The Kier molecular flexibility index (Phi) is 8.54. The summed E-state index contributed by atoms with van der Waals surface area (Å²) in [5.74, 6) is -4.71. The minimum atomic E-state index is -1.34. The van der Waals surface area contributed by atoms with Crippen LogP contribution in [-0.2, 0) is 32.6 Å². The van der Waals surface area contributed by atoms with Crippen LogP contribution < -0.4 is 14.5 Å². The molecule has 10 nitrogen and oxygen atoms in total. The van der Waals surface area contributed by atoms with Crippen LogP contribution in [0.1, 0.15) is 49.3 Å². The number of carbonyl (C=O) groups excluding carboxylic acids is 4. The number of hydrogen-bond donors (Lipinski definition) is 1. The third-order valence-corrected chi connectivity index (χ3v) is 14.5. The van der Waals surface area contributed by atoms with Crippen LogP contribution in [0.4, 0.5) is 11.5 Å². The Hall–Kier alpha value is -4.97. The number of phenolic OH excluding ortho intramolecular Hbond substituents is 1. The van der Waals surface area contributed by atoms with Gasteiger partial charge in [0.25, 0.3) is 0 Å². The predicted octanol–water partition coefficient (Wildman–Crippen LogP) is 8.63. The first-order valence-corrected chi connectivity index (χ1v) is 20.2. The Balaban J connectivity index is 1.16. The Bertz CT molecular complexity index is 2580. The van der Waals surface area contributed by atoms with E-state index < -0.39 is 46.8 Å². The average molecular weight is 810 g/mol. The number of anilines is 2. The number of phenols is 1. The van der Waals surface area contributed by atoms with Crippen LogP contribution in [-0.4, -0.2) is 45.6 Å². The van der Waals surface area contributed by atoms with Crippen LogP contribution in [0.3, 0.4) is 0 Å². The number of aryl methyl sites for hydroxylation is 3. The molecule has 2 saturated heterocycles. The van der Waals surface area contributed by atoms with Gasteiger partial charge in [-0.25, -0.2) is 4.90 Å². The van der Waals surface area contributed by atoms with E-state index in [1.807, 2.05) is 50.3 Å². The number of amides is 4. The highest BCUT2D eigenvalue weighted by Crippen LogP contribution is 2.64. The van der Waals surface area contributed by atoms with Crippen molar-refractivity contribution in [2.75, 3.05) is 16.9 Å². The minimum absolute atomic E-state index is 0.0228. The molecule has 3 aromatic carbocycles. The molecule has 4 heterocycles. The molecule has 0 spiro atoms. The van der Waals surface area contributed by atoms with Crippen LogP contribution in [0.25, 0.3) is 20.7 Å². The Morgan fingerprint density at radius 2 is 1.71 bits per heavy atom. The summed E-state index contributed by atoms with van der Waals surface area (Å²) in [6.45, 7) is 5.85. The second-order valence-electron chi connectivity index (χ2n) is 15.5. The standard InChI is InChI=1S/C43H38Cl2N4O6S/c1-6-21-7-10-24(11-8-21)48-39(51)26-13-12-25-28(35(26)41(48)53)18-29-40(52)49(42(54)43(29,3)36(25)22-15-30(45)37(50)32(16-22)55-5)34-19-31(46-47(34)4)38-20(2)27-17-23(44)9-14-33(27)56-38/h7-12,14-17,19,26,28-29,35-36,50H,6,13,18H2,1-5H3. The molecule has 1 N–H and O–H groups in total. The number of hydrogen-bond acceptors (Lipinski definition) is 8. The first-order valence-electron chi connectivity index (χ1n) is 18.6. The molecule has 13 heteroatoms. The van der Waals surface area contributed by atoms with E-state index in [0.29, 0.717) is 34.2 Å². The number of thiophene rings is 1. The number of methoxy groups -OCH3 is 1. The number of nitrogens with zero attached hydrogens (tertiary/aromatic N) is 4. The van der Waals surface area contributed by atoms with Crippen molar-refractivity contribution in [3.8, 4) is 22.1 Å². The van der Waals surface area contributed by atoms with Crippen LogP contribution in [0, 0.1) is 36.0 Å². The Morgan fingerprint density at radius 1 is 0.964 bits per heavy atom. The summed E-state index contributed by atoms with van der Waals surface area (Å²) >= 11 is 14.5. The molecule has 2 aliphatic carbocycles. The number of rotatable bonds is 6. The van der Waals surface area contributed by atoms with Crippen molar-refractivity contribution in [2.24, 2.45) is 36.1 Å². The number of benzene rings is 3. The smallest absolute Gasteiger partial charge is 0.242 e. The monoisotopic (exact) mass is 808 g/mol. The van der Waals surface area contributed by atoms with Crippen molar-refractivity contribution in [1.29, 1.82) is 0 Å². The molecule has 2 aliphatic heterocycles. The maximum Gasteiger partial charge on any atom is 0.242 e. The molecule has 56 heavy (non-hydrogen) atoms. The molecular formula is C43H38Cl2N4O6S. The number of aromatic nitrogens is 2. The molecule has 6 atom stereocenters. The summed E-state index contributed by atoms with van der Waals surface area (Å²) in [4.78, 5) is 62.2. The molecule has 6 unspecified atom stereocenters. The Labute approximate surface area is 337 Å². The first kappa shape index (κ1) is 36.7. The zero-order chi connectivity index (χ0) is 39.5. The molecule has 9 rings (SSSR count). The Morgan fingerprint density at radius 3 is 2.43 bits per heavy atom. The van der Waals surface area contributed by atoms with Gasteiger partial charge in [0.15, 0.2) is 11.5 Å². The first-order chi connectivity index (χ1) is 26.8. The van der Waals surface area contributed by atoms with Gasteiger partial charge in [-0.3, -0.25) is 28.8 Å². The van der Waals surface area contributed by atoms with Gasteiger partial charge in [0.1, 0.15) is 11.5 Å². The highest BCUT2D eigenvalue weighted by molar-refractivity contribution is 7.22. The number of imide groups is 2. The second kappa shape index (κ2) is 13.0. The lowest BCUT2D eigenvalue weighted by Crippen LogP contribution is -2.49. The third kappa shape index (κ3) is 5.09. The van der Waals surface area contributed by atoms with E-state index in [2.05, 4.69) is 0 Å². The second-order valence-corrected chi connectivity index (χ2v) is 17.4. The van der Waals surface area contributed by atoms with Gasteiger partial charge in [-0.05, 0) is 104 Å². The summed E-state index contributed by atoms with van der Waals surface area (Å²) in [6.07, 6.45) is 3.29. The highest BCUT2D eigenvalue weighted by atomic mass is 35.5. The van der Waals surface area contributed by atoms with Crippen LogP contribution >= 0.6 is 34.5 Å². The maximum absolute atomic E-state index is 15.2. The van der Waals surface area contributed by atoms with E-state index in [-0.39, 0.29) is 34.8 Å². The van der Waals surface area contributed by atoms with Crippen LogP contribution in [0.2, 0.25) is 10.0 Å². The summed E-state index contributed by atoms with van der Waals surface area (Å²) in [7, 11) is 3.12. The van der Waals surface area contributed by atoms with Crippen molar-refractivity contribution in [1.82, 2.24) is 9.78 Å². The van der Waals surface area contributed by atoms with Crippen molar-refractivity contribution in [3.63, 3.8) is 0 Å². The molecule has 0 bridgehead atoms. The van der Waals surface area contributed by atoms with Gasteiger partial charge in [0, 0.05) is 28.8 Å². The number of halogens is 2. The molecule has 4 amide bonds. The summed E-state index contributed by atoms with van der Waals surface area (Å²) < 4.78 is 8.11. The lowest BCUT2D eigenvalue weighted by Gasteiger charge is -2.49. The molecule has 0 radical (unpaired) electrons. The van der Waals surface area contributed by atoms with Gasteiger partial charge in [-0.15, -0.1) is 11.3 Å². The number of aromatic hydroxyl groups is 1. The molecular weight excluding hydrogens is 771 g/mol. The molecule has 5 aromatic rings. The fourth-order valence-electron chi connectivity index (χ4n) is 9.88. The lowest BCUT2D eigenvalue weighted by atomic mass is 9.51. The maximum atomic E-state index is 15.2. The molecule has 286 valence electrons. The fraction of sp³-hybridized carbons (Fsp3) is 0.326. The number of allylic oxidation sites excluding steroid dienone is 2. The van der Waals surface area contributed by atoms with Crippen molar-refractivity contribution in [3.05, 3.63) is 99.0 Å². The molecule has 1 saturated carbocycles. The van der Waals surface area contributed by atoms with Crippen molar-refractivity contribution < 1.29 is 29.0 Å². The van der Waals surface area contributed by atoms with Gasteiger partial charge < -0.3 is 9.84 Å². The van der Waals surface area contributed by atoms with Gasteiger partial charge in [0.2, 0.25) is 23.6 Å². The van der Waals surface area contributed by atoms with Gasteiger partial charge in [0.05, 0.1) is 45.9 Å². The van der Waals surface area contributed by atoms with Gasteiger partial charge in [-0.2, -0.15) is 5.10 Å². The quantitative estimate of drug-likeness (QED) is 0.135. The number of ether oxygens (including phenoxy) is 1. The zero-order valence-corrected chi connectivity index (χ0v) is 33.6. The minimum Gasteiger partial charge on any atom is -0.503 e. The van der Waals surface area contributed by atoms with Crippen LogP contribution in [0.5, 0.6) is 11.5 Å².